The Bertz CT molecular complexity index is 306. The summed E-state index contributed by atoms with van der Waals surface area (Å²) in [5, 5.41) is 3.63. The zero-order chi connectivity index (χ0) is 12.1. The fraction of sp³-hybridized carbons (Fsp3) is 0.769. The molecule has 96 valence electrons. The normalized spacial score (nSPS) is 22.9. The van der Waals surface area contributed by atoms with Gasteiger partial charge in [0.05, 0.1) is 5.51 Å². The van der Waals surface area contributed by atoms with E-state index in [9.17, 15) is 0 Å². The zero-order valence-corrected chi connectivity index (χ0v) is 11.7. The first-order valence-electron chi connectivity index (χ1n) is 6.67. The number of aromatic nitrogens is 1. The Balaban J connectivity index is 1.91. The van der Waals surface area contributed by atoms with Gasteiger partial charge in [0.1, 0.15) is 0 Å². The maximum atomic E-state index is 4.18. The van der Waals surface area contributed by atoms with Crippen molar-refractivity contribution in [1.29, 1.82) is 0 Å². The highest BCUT2D eigenvalue weighted by atomic mass is 32.1. The van der Waals surface area contributed by atoms with Crippen LogP contribution in [0.3, 0.4) is 0 Å². The average molecular weight is 253 g/mol. The zero-order valence-electron chi connectivity index (χ0n) is 10.9. The van der Waals surface area contributed by atoms with Crippen LogP contribution in [0.1, 0.15) is 44.0 Å². The molecular formula is C13H23N3S. The Kier molecular flexibility index (Phi) is 4.95. The fourth-order valence-corrected chi connectivity index (χ4v) is 3.25. The van der Waals surface area contributed by atoms with Crippen LogP contribution in [0.15, 0.2) is 11.7 Å². The van der Waals surface area contributed by atoms with Crippen LogP contribution in [0.2, 0.25) is 0 Å². The molecule has 1 aromatic rings. The van der Waals surface area contributed by atoms with Gasteiger partial charge in [0.2, 0.25) is 0 Å². The van der Waals surface area contributed by atoms with Crippen molar-refractivity contribution in [2.75, 3.05) is 19.6 Å². The lowest BCUT2D eigenvalue weighted by molar-refractivity contribution is 0.186. The quantitative estimate of drug-likeness (QED) is 0.874. The van der Waals surface area contributed by atoms with Crippen LogP contribution in [-0.2, 0) is 0 Å². The van der Waals surface area contributed by atoms with Gasteiger partial charge in [-0.05, 0) is 32.9 Å². The Hall–Kier alpha value is -0.450. The predicted octanol–water partition coefficient (Wildman–Crippen LogP) is 2.67. The van der Waals surface area contributed by atoms with Gasteiger partial charge in [0.15, 0.2) is 0 Å². The molecule has 0 amide bonds. The van der Waals surface area contributed by atoms with Crippen molar-refractivity contribution < 1.29 is 0 Å². The predicted molar refractivity (Wildman–Crippen MR) is 73.4 cm³/mol. The lowest BCUT2D eigenvalue weighted by Crippen LogP contribution is -2.44. The summed E-state index contributed by atoms with van der Waals surface area (Å²) in [6, 6.07) is 1.18. The molecule has 3 nitrogen and oxygen atoms in total. The van der Waals surface area contributed by atoms with Crippen molar-refractivity contribution in [2.24, 2.45) is 0 Å². The minimum Gasteiger partial charge on any atom is -0.313 e. The van der Waals surface area contributed by atoms with E-state index in [0.717, 1.165) is 13.1 Å². The maximum Gasteiger partial charge on any atom is 0.0794 e. The van der Waals surface area contributed by atoms with Crippen LogP contribution >= 0.6 is 11.3 Å². The van der Waals surface area contributed by atoms with E-state index >= 15 is 0 Å². The number of nitrogens with zero attached hydrogens (tertiary/aromatic N) is 2. The van der Waals surface area contributed by atoms with Gasteiger partial charge in [0.25, 0.3) is 0 Å². The van der Waals surface area contributed by atoms with E-state index in [4.69, 9.17) is 0 Å². The van der Waals surface area contributed by atoms with Crippen molar-refractivity contribution in [3.63, 3.8) is 0 Å². The molecule has 4 heteroatoms. The summed E-state index contributed by atoms with van der Waals surface area (Å²) in [4.78, 5) is 8.11. The van der Waals surface area contributed by atoms with Gasteiger partial charge in [-0.3, -0.25) is 9.88 Å². The SMILES string of the molecule is CCN(CC1CCCCN1)C(C)c1cncs1. The molecule has 2 rings (SSSR count). The molecule has 0 bridgehead atoms. The average Bonchev–Trinajstić information content (AvgIpc) is 2.90. The van der Waals surface area contributed by atoms with Crippen LogP contribution in [0.5, 0.6) is 0 Å². The smallest absolute Gasteiger partial charge is 0.0794 e. The third kappa shape index (κ3) is 3.50. The standard InChI is InChI=1S/C13H23N3S/c1-3-16(9-12-6-4-5-7-15-12)11(2)13-8-14-10-17-13/h8,10-12,15H,3-7,9H2,1-2H3. The molecule has 1 aliphatic heterocycles. The molecule has 0 aromatic carbocycles. The van der Waals surface area contributed by atoms with Crippen molar-refractivity contribution in [2.45, 2.75) is 45.2 Å². The van der Waals surface area contributed by atoms with E-state index in [1.165, 1.54) is 30.7 Å². The van der Waals surface area contributed by atoms with E-state index in [-0.39, 0.29) is 0 Å². The van der Waals surface area contributed by atoms with E-state index in [1.807, 2.05) is 11.7 Å². The number of rotatable bonds is 5. The molecule has 1 saturated heterocycles. The number of likely N-dealkylation sites (N-methyl/N-ethyl adjacent to an activating group) is 1. The van der Waals surface area contributed by atoms with Crippen LogP contribution in [0, 0.1) is 0 Å². The fourth-order valence-electron chi connectivity index (χ4n) is 2.54. The highest BCUT2D eigenvalue weighted by Gasteiger charge is 2.20. The van der Waals surface area contributed by atoms with Crippen molar-refractivity contribution >= 4 is 11.3 Å². The molecule has 1 aromatic heterocycles. The van der Waals surface area contributed by atoms with Crippen molar-refractivity contribution in [3.05, 3.63) is 16.6 Å². The van der Waals surface area contributed by atoms with Crippen molar-refractivity contribution in [1.82, 2.24) is 15.2 Å². The lowest BCUT2D eigenvalue weighted by Gasteiger charge is -2.33. The topological polar surface area (TPSA) is 28.2 Å². The van der Waals surface area contributed by atoms with Crippen LogP contribution in [0.4, 0.5) is 0 Å². The number of nitrogens with one attached hydrogen (secondary N) is 1. The van der Waals surface area contributed by atoms with Gasteiger partial charge in [-0.15, -0.1) is 11.3 Å². The molecule has 0 saturated carbocycles. The molecule has 1 N–H and O–H groups in total. The highest BCUT2D eigenvalue weighted by molar-refractivity contribution is 7.09. The van der Waals surface area contributed by atoms with Crippen LogP contribution in [-0.4, -0.2) is 35.6 Å². The summed E-state index contributed by atoms with van der Waals surface area (Å²) in [5.74, 6) is 0. The molecule has 0 aliphatic carbocycles. The molecule has 1 fully saturated rings. The van der Waals surface area contributed by atoms with E-state index in [0.29, 0.717) is 12.1 Å². The number of hydrogen-bond acceptors (Lipinski definition) is 4. The van der Waals surface area contributed by atoms with Gasteiger partial charge < -0.3 is 5.32 Å². The summed E-state index contributed by atoms with van der Waals surface area (Å²) >= 11 is 1.76. The highest BCUT2D eigenvalue weighted by Crippen LogP contribution is 2.24. The van der Waals surface area contributed by atoms with Crippen molar-refractivity contribution in [3.8, 4) is 0 Å². The first-order valence-corrected chi connectivity index (χ1v) is 7.55. The minimum absolute atomic E-state index is 0.497. The van der Waals surface area contributed by atoms with Crippen LogP contribution < -0.4 is 5.32 Å². The lowest BCUT2D eigenvalue weighted by atomic mass is 10.0. The van der Waals surface area contributed by atoms with E-state index in [2.05, 4.69) is 29.0 Å². The number of thiazole rings is 1. The number of piperidine rings is 1. The maximum absolute atomic E-state index is 4.18. The Morgan fingerprint density at radius 2 is 2.47 bits per heavy atom. The second-order valence-electron chi connectivity index (χ2n) is 4.81. The second kappa shape index (κ2) is 6.47. The Morgan fingerprint density at radius 1 is 1.59 bits per heavy atom. The summed E-state index contributed by atoms with van der Waals surface area (Å²) in [6.07, 6.45) is 6.05. The minimum atomic E-state index is 0.497. The molecular weight excluding hydrogens is 230 g/mol. The molecule has 2 unspecified atom stereocenters. The van der Waals surface area contributed by atoms with Gasteiger partial charge in [-0.25, -0.2) is 0 Å². The first kappa shape index (κ1) is 13.0. The largest absolute Gasteiger partial charge is 0.313 e. The monoisotopic (exact) mass is 253 g/mol. The third-order valence-corrected chi connectivity index (χ3v) is 4.63. The van der Waals surface area contributed by atoms with E-state index < -0.39 is 0 Å². The van der Waals surface area contributed by atoms with Gasteiger partial charge >= 0.3 is 0 Å². The molecule has 0 radical (unpaired) electrons. The molecule has 17 heavy (non-hydrogen) atoms. The summed E-state index contributed by atoms with van der Waals surface area (Å²) in [5.41, 5.74) is 1.93. The Morgan fingerprint density at radius 3 is 3.06 bits per heavy atom. The second-order valence-corrected chi connectivity index (χ2v) is 5.73. The molecule has 1 aliphatic rings. The van der Waals surface area contributed by atoms with Gasteiger partial charge in [-0.2, -0.15) is 0 Å². The third-order valence-electron chi connectivity index (χ3n) is 3.68. The Labute approximate surface area is 108 Å². The molecule has 2 atom stereocenters. The van der Waals surface area contributed by atoms with E-state index in [1.54, 1.807) is 11.3 Å². The summed E-state index contributed by atoms with van der Waals surface area (Å²) in [7, 11) is 0. The molecule has 2 heterocycles. The first-order chi connectivity index (χ1) is 8.31. The van der Waals surface area contributed by atoms with Gasteiger partial charge in [0, 0.05) is 29.7 Å². The number of hydrogen-bond donors (Lipinski definition) is 1. The summed E-state index contributed by atoms with van der Waals surface area (Å²) in [6.45, 7) is 8.00. The summed E-state index contributed by atoms with van der Waals surface area (Å²) < 4.78 is 0. The van der Waals surface area contributed by atoms with Gasteiger partial charge in [-0.1, -0.05) is 13.3 Å². The molecule has 0 spiro atoms. The van der Waals surface area contributed by atoms with Crippen LogP contribution in [0.25, 0.3) is 0 Å².